The minimum absolute atomic E-state index is 0.0547. The third-order valence-electron chi connectivity index (χ3n) is 5.08. The van der Waals surface area contributed by atoms with Gasteiger partial charge in [-0.05, 0) is 51.0 Å². The Morgan fingerprint density at radius 1 is 1.00 bits per heavy atom. The van der Waals surface area contributed by atoms with E-state index in [0.29, 0.717) is 16.9 Å². The van der Waals surface area contributed by atoms with Gasteiger partial charge in [0.25, 0.3) is 11.8 Å². The van der Waals surface area contributed by atoms with Crippen molar-refractivity contribution in [1.82, 2.24) is 9.88 Å². The molecule has 0 spiro atoms. The van der Waals surface area contributed by atoms with Gasteiger partial charge in [-0.1, -0.05) is 29.3 Å². The Morgan fingerprint density at radius 2 is 1.74 bits per heavy atom. The fraction of sp³-hybridized carbons (Fsp3) is 0.273. The largest absolute Gasteiger partial charge is 0.349 e. The van der Waals surface area contributed by atoms with E-state index < -0.39 is 0 Å². The third kappa shape index (κ3) is 3.33. The summed E-state index contributed by atoms with van der Waals surface area (Å²) in [5.74, 6) is -0.266. The zero-order valence-electron chi connectivity index (χ0n) is 15.6. The van der Waals surface area contributed by atoms with Gasteiger partial charge in [0.15, 0.2) is 0 Å². The molecular formula is C22H23N3O2. The summed E-state index contributed by atoms with van der Waals surface area (Å²) in [6.45, 7) is 5.48. The first-order valence-electron chi connectivity index (χ1n) is 9.32. The minimum atomic E-state index is -0.212. The van der Waals surface area contributed by atoms with E-state index in [1.54, 1.807) is 6.07 Å². The molecule has 0 unspecified atom stereocenters. The number of fused-ring (bicyclic) bond motifs is 1. The molecule has 1 saturated heterocycles. The lowest BCUT2D eigenvalue weighted by Crippen LogP contribution is -2.29. The van der Waals surface area contributed by atoms with Gasteiger partial charge in [0.1, 0.15) is 5.69 Å². The average molecular weight is 361 g/mol. The standard InChI is InChI=1S/C22H23N3O2/c1-14-6-5-7-16(12-14)21(26)24-19-17-13-15(2)8-9-18(17)23-20(19)22(27)25-10-3-4-11-25/h5-9,12-13,23H,3-4,10-11H2,1-2H3,(H,24,26). The fourth-order valence-corrected chi connectivity index (χ4v) is 3.65. The van der Waals surface area contributed by atoms with Crippen LogP contribution < -0.4 is 5.32 Å². The van der Waals surface area contributed by atoms with Gasteiger partial charge in [-0.2, -0.15) is 0 Å². The SMILES string of the molecule is Cc1cccc(C(=O)Nc2c(C(=O)N3CCCC3)[nH]c3ccc(C)cc23)c1. The summed E-state index contributed by atoms with van der Waals surface area (Å²) in [7, 11) is 0. The molecule has 0 atom stereocenters. The van der Waals surface area contributed by atoms with Crippen LogP contribution in [0.4, 0.5) is 5.69 Å². The van der Waals surface area contributed by atoms with Crippen molar-refractivity contribution in [1.29, 1.82) is 0 Å². The molecule has 5 nitrogen and oxygen atoms in total. The van der Waals surface area contributed by atoms with Gasteiger partial charge in [-0.3, -0.25) is 9.59 Å². The first-order chi connectivity index (χ1) is 13.0. The van der Waals surface area contributed by atoms with Gasteiger partial charge < -0.3 is 15.2 Å². The lowest BCUT2D eigenvalue weighted by atomic mass is 10.1. The predicted molar refractivity (Wildman–Crippen MR) is 107 cm³/mol. The number of hydrogen-bond donors (Lipinski definition) is 2. The van der Waals surface area contributed by atoms with Crippen LogP contribution in [0.2, 0.25) is 0 Å². The van der Waals surface area contributed by atoms with Gasteiger partial charge in [0.2, 0.25) is 0 Å². The monoisotopic (exact) mass is 361 g/mol. The van der Waals surface area contributed by atoms with Crippen LogP contribution in [-0.4, -0.2) is 34.8 Å². The Hall–Kier alpha value is -3.08. The normalized spacial score (nSPS) is 13.9. The zero-order valence-corrected chi connectivity index (χ0v) is 15.6. The Balaban J connectivity index is 1.77. The molecule has 2 heterocycles. The molecular weight excluding hydrogens is 338 g/mol. The molecule has 5 heteroatoms. The van der Waals surface area contributed by atoms with Crippen molar-refractivity contribution in [2.24, 2.45) is 0 Å². The van der Waals surface area contributed by atoms with Crippen molar-refractivity contribution < 1.29 is 9.59 Å². The summed E-state index contributed by atoms with van der Waals surface area (Å²) < 4.78 is 0. The van der Waals surface area contributed by atoms with Crippen LogP contribution in [0.3, 0.4) is 0 Å². The van der Waals surface area contributed by atoms with E-state index in [1.165, 1.54) is 0 Å². The average Bonchev–Trinajstić information content (AvgIpc) is 3.30. The lowest BCUT2D eigenvalue weighted by Gasteiger charge is -2.16. The number of likely N-dealkylation sites (tertiary alicyclic amines) is 1. The quantitative estimate of drug-likeness (QED) is 0.731. The molecule has 2 amide bonds. The number of anilines is 1. The number of H-pyrrole nitrogens is 1. The topological polar surface area (TPSA) is 65.2 Å². The number of nitrogens with zero attached hydrogens (tertiary/aromatic N) is 1. The van der Waals surface area contributed by atoms with Gasteiger partial charge in [-0.15, -0.1) is 0 Å². The Bertz CT molecular complexity index is 1030. The Morgan fingerprint density at radius 3 is 2.48 bits per heavy atom. The van der Waals surface area contributed by atoms with Gasteiger partial charge in [0, 0.05) is 29.6 Å². The van der Waals surface area contributed by atoms with Crippen LogP contribution in [0, 0.1) is 13.8 Å². The van der Waals surface area contributed by atoms with Crippen molar-refractivity contribution in [3.8, 4) is 0 Å². The second-order valence-electron chi connectivity index (χ2n) is 7.25. The molecule has 1 aliphatic rings. The molecule has 3 aromatic rings. The minimum Gasteiger partial charge on any atom is -0.349 e. The van der Waals surface area contributed by atoms with E-state index in [0.717, 1.165) is 48.0 Å². The second-order valence-corrected chi connectivity index (χ2v) is 7.25. The van der Waals surface area contributed by atoms with Crippen LogP contribution in [0.5, 0.6) is 0 Å². The first kappa shape index (κ1) is 17.3. The van der Waals surface area contributed by atoms with Crippen LogP contribution in [0.1, 0.15) is 44.8 Å². The van der Waals surface area contributed by atoms with Crippen LogP contribution in [0.15, 0.2) is 42.5 Å². The van der Waals surface area contributed by atoms with E-state index in [-0.39, 0.29) is 11.8 Å². The Labute approximate surface area is 158 Å². The fourth-order valence-electron chi connectivity index (χ4n) is 3.65. The smallest absolute Gasteiger partial charge is 0.272 e. The highest BCUT2D eigenvalue weighted by atomic mass is 16.2. The molecule has 0 bridgehead atoms. The zero-order chi connectivity index (χ0) is 19.0. The highest BCUT2D eigenvalue weighted by molar-refractivity contribution is 6.15. The molecule has 2 N–H and O–H groups in total. The number of aryl methyl sites for hydroxylation is 2. The van der Waals surface area contributed by atoms with E-state index in [1.807, 2.05) is 55.1 Å². The maximum absolute atomic E-state index is 13.0. The van der Waals surface area contributed by atoms with Gasteiger partial charge in [-0.25, -0.2) is 0 Å². The molecule has 0 saturated carbocycles. The van der Waals surface area contributed by atoms with Gasteiger partial charge in [0.05, 0.1) is 5.69 Å². The number of amides is 2. The number of hydrogen-bond acceptors (Lipinski definition) is 2. The number of aromatic nitrogens is 1. The maximum Gasteiger partial charge on any atom is 0.272 e. The molecule has 4 rings (SSSR count). The van der Waals surface area contributed by atoms with E-state index >= 15 is 0 Å². The highest BCUT2D eigenvalue weighted by Gasteiger charge is 2.26. The summed E-state index contributed by atoms with van der Waals surface area (Å²) in [6.07, 6.45) is 2.05. The number of rotatable bonds is 3. The molecule has 0 radical (unpaired) electrons. The molecule has 1 aliphatic heterocycles. The molecule has 2 aromatic carbocycles. The van der Waals surface area contributed by atoms with E-state index in [9.17, 15) is 9.59 Å². The summed E-state index contributed by atoms with van der Waals surface area (Å²) in [4.78, 5) is 31.0. The number of carbonyl (C=O) groups is 2. The van der Waals surface area contributed by atoms with Crippen molar-refractivity contribution in [2.45, 2.75) is 26.7 Å². The summed E-state index contributed by atoms with van der Waals surface area (Å²) >= 11 is 0. The Kier molecular flexibility index (Phi) is 4.44. The summed E-state index contributed by atoms with van der Waals surface area (Å²) in [5, 5.41) is 3.85. The summed E-state index contributed by atoms with van der Waals surface area (Å²) in [6, 6.07) is 13.4. The van der Waals surface area contributed by atoms with Crippen LogP contribution in [0.25, 0.3) is 10.9 Å². The second kappa shape index (κ2) is 6.91. The molecule has 0 aliphatic carbocycles. The first-order valence-corrected chi connectivity index (χ1v) is 9.32. The number of benzene rings is 2. The number of carbonyl (C=O) groups excluding carboxylic acids is 2. The molecule has 1 fully saturated rings. The molecule has 138 valence electrons. The van der Waals surface area contributed by atoms with Crippen molar-refractivity contribution >= 4 is 28.4 Å². The van der Waals surface area contributed by atoms with Crippen molar-refractivity contribution in [3.05, 3.63) is 64.8 Å². The van der Waals surface area contributed by atoms with Crippen molar-refractivity contribution in [2.75, 3.05) is 18.4 Å². The number of aromatic amines is 1. The predicted octanol–water partition coefficient (Wildman–Crippen LogP) is 4.27. The number of nitrogens with one attached hydrogen (secondary N) is 2. The highest BCUT2D eigenvalue weighted by Crippen LogP contribution is 2.31. The molecule has 27 heavy (non-hydrogen) atoms. The third-order valence-corrected chi connectivity index (χ3v) is 5.08. The van der Waals surface area contributed by atoms with Crippen LogP contribution in [-0.2, 0) is 0 Å². The van der Waals surface area contributed by atoms with Crippen LogP contribution >= 0.6 is 0 Å². The lowest BCUT2D eigenvalue weighted by molar-refractivity contribution is 0.0789. The van der Waals surface area contributed by atoms with Gasteiger partial charge >= 0.3 is 0 Å². The van der Waals surface area contributed by atoms with E-state index in [4.69, 9.17) is 0 Å². The van der Waals surface area contributed by atoms with Crippen molar-refractivity contribution in [3.63, 3.8) is 0 Å². The summed E-state index contributed by atoms with van der Waals surface area (Å²) in [5.41, 5.74) is 4.55. The van der Waals surface area contributed by atoms with E-state index in [2.05, 4.69) is 10.3 Å². The maximum atomic E-state index is 13.0. The molecule has 1 aromatic heterocycles.